The molecule has 4 heteroatoms. The van der Waals surface area contributed by atoms with Crippen LogP contribution >= 0.6 is 0 Å². The van der Waals surface area contributed by atoms with Crippen molar-refractivity contribution in [3.63, 3.8) is 0 Å². The molecule has 0 bridgehead atoms. The van der Waals surface area contributed by atoms with Gasteiger partial charge in [0.15, 0.2) is 0 Å². The quantitative estimate of drug-likeness (QED) is 0.850. The van der Waals surface area contributed by atoms with Crippen LogP contribution in [-0.2, 0) is 20.0 Å². The first-order valence-electron chi connectivity index (χ1n) is 7.70. The highest BCUT2D eigenvalue weighted by atomic mass is 15.3. The summed E-state index contributed by atoms with van der Waals surface area (Å²) in [6, 6.07) is 10.8. The third-order valence-corrected chi connectivity index (χ3v) is 3.93. The van der Waals surface area contributed by atoms with Crippen LogP contribution in [0.25, 0.3) is 0 Å². The van der Waals surface area contributed by atoms with E-state index in [0.29, 0.717) is 6.54 Å². The minimum atomic E-state index is 0.221. The normalized spacial score (nSPS) is 12.8. The zero-order chi connectivity index (χ0) is 15.2. The molecular formula is C17H26N4. The largest absolute Gasteiger partial charge is 0.329 e. The Hall–Kier alpha value is -1.65. The fraction of sp³-hybridized carbons (Fsp3) is 0.471. The lowest BCUT2D eigenvalue weighted by molar-refractivity contribution is 0.202. The van der Waals surface area contributed by atoms with Gasteiger partial charge in [-0.25, -0.2) is 0 Å². The molecule has 0 fully saturated rings. The Kier molecular flexibility index (Phi) is 5.53. The van der Waals surface area contributed by atoms with Crippen LogP contribution in [0.3, 0.4) is 0 Å². The molecule has 1 unspecified atom stereocenters. The van der Waals surface area contributed by atoms with Crippen LogP contribution in [0.2, 0.25) is 0 Å². The summed E-state index contributed by atoms with van der Waals surface area (Å²) in [5.74, 6) is 0. The number of hydrogen-bond acceptors (Lipinski definition) is 3. The van der Waals surface area contributed by atoms with Crippen LogP contribution < -0.4 is 5.73 Å². The highest BCUT2D eigenvalue weighted by molar-refractivity contribution is 5.23. The van der Waals surface area contributed by atoms with E-state index in [2.05, 4.69) is 60.4 Å². The minimum Gasteiger partial charge on any atom is -0.329 e. The highest BCUT2D eigenvalue weighted by Gasteiger charge is 2.22. The Labute approximate surface area is 127 Å². The smallest absolute Gasteiger partial charge is 0.0670 e. The van der Waals surface area contributed by atoms with E-state index in [4.69, 9.17) is 5.73 Å². The Morgan fingerprint density at radius 3 is 2.52 bits per heavy atom. The summed E-state index contributed by atoms with van der Waals surface area (Å²) in [4.78, 5) is 2.42. The second-order valence-electron chi connectivity index (χ2n) is 5.36. The lowest BCUT2D eigenvalue weighted by atomic mass is 10.0. The van der Waals surface area contributed by atoms with E-state index < -0.39 is 0 Å². The number of benzene rings is 1. The summed E-state index contributed by atoms with van der Waals surface area (Å²) in [5.41, 5.74) is 9.82. The molecule has 0 saturated heterocycles. The van der Waals surface area contributed by atoms with Crippen molar-refractivity contribution in [2.45, 2.75) is 32.9 Å². The van der Waals surface area contributed by atoms with Crippen LogP contribution in [0.15, 0.2) is 36.5 Å². The van der Waals surface area contributed by atoms with Crippen molar-refractivity contribution in [2.75, 3.05) is 13.1 Å². The van der Waals surface area contributed by atoms with Gasteiger partial charge in [0.1, 0.15) is 0 Å². The Morgan fingerprint density at radius 2 is 1.95 bits per heavy atom. The molecule has 2 rings (SSSR count). The predicted octanol–water partition coefficient (Wildman–Crippen LogP) is 2.50. The Balaban J connectivity index is 2.24. The maximum Gasteiger partial charge on any atom is 0.0670 e. The first kappa shape index (κ1) is 15.7. The van der Waals surface area contributed by atoms with Gasteiger partial charge >= 0.3 is 0 Å². The number of hydrogen-bond donors (Lipinski definition) is 1. The van der Waals surface area contributed by atoms with E-state index in [1.807, 2.05) is 11.7 Å². The summed E-state index contributed by atoms with van der Waals surface area (Å²) < 4.78 is 1.90. The fourth-order valence-corrected chi connectivity index (χ4v) is 2.84. The molecule has 2 N–H and O–H groups in total. The molecule has 0 aliphatic rings. The van der Waals surface area contributed by atoms with Crippen molar-refractivity contribution < 1.29 is 0 Å². The number of nitrogens with two attached hydrogens (primary N) is 1. The number of rotatable bonds is 7. The predicted molar refractivity (Wildman–Crippen MR) is 86.9 cm³/mol. The number of nitrogens with zero attached hydrogens (tertiary/aromatic N) is 3. The van der Waals surface area contributed by atoms with E-state index in [-0.39, 0.29) is 6.04 Å². The molecule has 21 heavy (non-hydrogen) atoms. The Bertz CT molecular complexity index is 547. The zero-order valence-electron chi connectivity index (χ0n) is 13.3. The average molecular weight is 286 g/mol. The third-order valence-electron chi connectivity index (χ3n) is 3.93. The SMILES string of the molecule is CCc1nn(C)cc1C(CN)N(CC)Cc1ccccc1. The Morgan fingerprint density at radius 1 is 1.24 bits per heavy atom. The molecule has 114 valence electrons. The van der Waals surface area contributed by atoms with E-state index in [9.17, 15) is 0 Å². The van der Waals surface area contributed by atoms with Gasteiger partial charge in [-0.15, -0.1) is 0 Å². The first-order chi connectivity index (χ1) is 10.2. The topological polar surface area (TPSA) is 47.1 Å². The molecule has 0 amide bonds. The van der Waals surface area contributed by atoms with E-state index in [1.165, 1.54) is 11.1 Å². The molecule has 0 radical (unpaired) electrons. The average Bonchev–Trinajstić information content (AvgIpc) is 2.89. The second-order valence-corrected chi connectivity index (χ2v) is 5.36. The molecule has 1 heterocycles. The molecule has 1 aromatic heterocycles. The monoisotopic (exact) mass is 286 g/mol. The fourth-order valence-electron chi connectivity index (χ4n) is 2.84. The van der Waals surface area contributed by atoms with Gasteiger partial charge in [-0.2, -0.15) is 5.10 Å². The number of likely N-dealkylation sites (N-methyl/N-ethyl adjacent to an activating group) is 1. The van der Waals surface area contributed by atoms with Crippen LogP contribution in [0.4, 0.5) is 0 Å². The highest BCUT2D eigenvalue weighted by Crippen LogP contribution is 2.24. The van der Waals surface area contributed by atoms with Gasteiger partial charge in [0, 0.05) is 31.9 Å². The van der Waals surface area contributed by atoms with Gasteiger partial charge in [-0.3, -0.25) is 9.58 Å². The summed E-state index contributed by atoms with van der Waals surface area (Å²) >= 11 is 0. The van der Waals surface area contributed by atoms with Gasteiger partial charge in [-0.05, 0) is 18.5 Å². The van der Waals surface area contributed by atoms with Crippen molar-refractivity contribution in [3.8, 4) is 0 Å². The van der Waals surface area contributed by atoms with Crippen molar-refractivity contribution in [1.82, 2.24) is 14.7 Å². The summed E-state index contributed by atoms with van der Waals surface area (Å²) in [5, 5.41) is 4.56. The van der Waals surface area contributed by atoms with E-state index in [0.717, 1.165) is 25.2 Å². The van der Waals surface area contributed by atoms with Crippen LogP contribution in [0.1, 0.15) is 36.7 Å². The molecular weight excluding hydrogens is 260 g/mol. The van der Waals surface area contributed by atoms with Crippen LogP contribution in [0, 0.1) is 0 Å². The molecule has 0 spiro atoms. The van der Waals surface area contributed by atoms with Crippen molar-refractivity contribution in [1.29, 1.82) is 0 Å². The number of aromatic nitrogens is 2. The first-order valence-corrected chi connectivity index (χ1v) is 7.70. The lowest BCUT2D eigenvalue weighted by Gasteiger charge is -2.30. The van der Waals surface area contributed by atoms with Crippen molar-refractivity contribution in [2.24, 2.45) is 12.8 Å². The van der Waals surface area contributed by atoms with Gasteiger partial charge in [0.2, 0.25) is 0 Å². The van der Waals surface area contributed by atoms with Gasteiger partial charge in [-0.1, -0.05) is 44.2 Å². The van der Waals surface area contributed by atoms with Gasteiger partial charge in [0.25, 0.3) is 0 Å². The standard InChI is InChI=1S/C17H26N4/c1-4-16-15(13-20(3)19-16)17(11-18)21(5-2)12-14-9-7-6-8-10-14/h6-10,13,17H,4-5,11-12,18H2,1-3H3. The van der Waals surface area contributed by atoms with E-state index in [1.54, 1.807) is 0 Å². The summed E-state index contributed by atoms with van der Waals surface area (Å²) in [6.07, 6.45) is 3.06. The van der Waals surface area contributed by atoms with Gasteiger partial charge in [0.05, 0.1) is 11.7 Å². The molecule has 0 aliphatic carbocycles. The van der Waals surface area contributed by atoms with Crippen molar-refractivity contribution in [3.05, 3.63) is 53.3 Å². The zero-order valence-corrected chi connectivity index (χ0v) is 13.3. The van der Waals surface area contributed by atoms with Crippen molar-refractivity contribution >= 4 is 0 Å². The molecule has 1 atom stereocenters. The molecule has 4 nitrogen and oxygen atoms in total. The van der Waals surface area contributed by atoms with Crippen LogP contribution in [-0.4, -0.2) is 27.8 Å². The maximum absolute atomic E-state index is 6.09. The molecule has 0 saturated carbocycles. The van der Waals surface area contributed by atoms with E-state index >= 15 is 0 Å². The molecule has 0 aliphatic heterocycles. The second kappa shape index (κ2) is 7.38. The van der Waals surface area contributed by atoms with Gasteiger partial charge < -0.3 is 5.73 Å². The summed E-state index contributed by atoms with van der Waals surface area (Å²) in [6.45, 7) is 6.83. The molecule has 2 aromatic rings. The minimum absolute atomic E-state index is 0.221. The van der Waals surface area contributed by atoms with Crippen LogP contribution in [0.5, 0.6) is 0 Å². The molecule has 1 aromatic carbocycles. The maximum atomic E-state index is 6.09. The lowest BCUT2D eigenvalue weighted by Crippen LogP contribution is -2.33. The summed E-state index contributed by atoms with van der Waals surface area (Å²) in [7, 11) is 1.98. The third kappa shape index (κ3) is 3.71. The number of aryl methyl sites for hydroxylation is 2.